The van der Waals surface area contributed by atoms with Gasteiger partial charge in [-0.2, -0.15) is 0 Å². The van der Waals surface area contributed by atoms with Crippen LogP contribution in [0.3, 0.4) is 0 Å². The van der Waals surface area contributed by atoms with Gasteiger partial charge in [-0.3, -0.25) is 10.1 Å². The van der Waals surface area contributed by atoms with Crippen LogP contribution in [-0.2, 0) is 0 Å². The van der Waals surface area contributed by atoms with Crippen molar-refractivity contribution in [3.05, 3.63) is 46.5 Å². The Morgan fingerprint density at radius 1 is 1.32 bits per heavy atom. The minimum atomic E-state index is -0.443. The van der Waals surface area contributed by atoms with Crippen LogP contribution in [0.1, 0.15) is 0 Å². The molecule has 0 bridgehead atoms. The Hall–Kier alpha value is -2.63. The Labute approximate surface area is 110 Å². The average molecular weight is 259 g/mol. The molecule has 0 saturated carbocycles. The molecule has 0 aliphatic rings. The molecule has 0 saturated heterocycles. The Kier molecular flexibility index (Phi) is 3.61. The Morgan fingerprint density at radius 3 is 2.68 bits per heavy atom. The number of hydrogen-bond acceptors (Lipinski definition) is 5. The molecule has 2 aromatic rings. The van der Waals surface area contributed by atoms with Gasteiger partial charge in [0.15, 0.2) is 0 Å². The maximum atomic E-state index is 10.9. The Balaban J connectivity index is 2.61. The summed E-state index contributed by atoms with van der Waals surface area (Å²) in [5.74, 6) is 1.06. The van der Waals surface area contributed by atoms with Gasteiger partial charge in [0.05, 0.1) is 23.8 Å². The predicted molar refractivity (Wildman–Crippen MR) is 72.4 cm³/mol. The molecule has 6 heteroatoms. The second-order valence-electron chi connectivity index (χ2n) is 3.80. The largest absolute Gasteiger partial charge is 0.496 e. The number of benzene rings is 1. The molecule has 1 aromatic carbocycles. The van der Waals surface area contributed by atoms with E-state index in [1.54, 1.807) is 20.2 Å². The number of anilines is 1. The summed E-state index contributed by atoms with van der Waals surface area (Å²) in [7, 11) is 3.22. The summed E-state index contributed by atoms with van der Waals surface area (Å²) < 4.78 is 5.24. The molecule has 1 heterocycles. The molecular formula is C13H13N3O3. The van der Waals surface area contributed by atoms with Crippen LogP contribution >= 0.6 is 0 Å². The highest BCUT2D eigenvalue weighted by molar-refractivity contribution is 5.70. The normalized spacial score (nSPS) is 10.0. The molecule has 0 atom stereocenters. The smallest absolute Gasteiger partial charge is 0.275 e. The third-order valence-corrected chi connectivity index (χ3v) is 2.66. The predicted octanol–water partition coefficient (Wildman–Crippen LogP) is 2.71. The van der Waals surface area contributed by atoms with E-state index in [0.717, 1.165) is 0 Å². The third-order valence-electron chi connectivity index (χ3n) is 2.66. The molecule has 0 aliphatic carbocycles. The lowest BCUT2D eigenvalue weighted by Gasteiger charge is -2.09. The van der Waals surface area contributed by atoms with E-state index in [2.05, 4.69) is 10.3 Å². The molecule has 0 spiro atoms. The van der Waals surface area contributed by atoms with E-state index in [1.165, 1.54) is 12.1 Å². The fourth-order valence-corrected chi connectivity index (χ4v) is 1.74. The lowest BCUT2D eigenvalue weighted by atomic mass is 10.1. The number of rotatable bonds is 4. The van der Waals surface area contributed by atoms with Gasteiger partial charge in [0, 0.05) is 18.7 Å². The fourth-order valence-electron chi connectivity index (χ4n) is 1.74. The number of aromatic nitrogens is 1. The first kappa shape index (κ1) is 12.8. The van der Waals surface area contributed by atoms with Crippen LogP contribution in [0.4, 0.5) is 11.5 Å². The van der Waals surface area contributed by atoms with Gasteiger partial charge < -0.3 is 10.1 Å². The molecule has 6 nitrogen and oxygen atoms in total. The second kappa shape index (κ2) is 5.34. The number of nitrogens with zero attached hydrogens (tertiary/aromatic N) is 2. The summed E-state index contributed by atoms with van der Waals surface area (Å²) in [6.45, 7) is 0. The van der Waals surface area contributed by atoms with Crippen molar-refractivity contribution in [3.63, 3.8) is 0 Å². The third kappa shape index (κ3) is 2.62. The topological polar surface area (TPSA) is 77.3 Å². The molecule has 0 fully saturated rings. The standard InChI is InChI=1S/C13H13N3O3/c1-14-13-8-9(16(17)18)7-11(15-13)10-5-3-4-6-12(10)19-2/h3-8H,1-2H3,(H,14,15). The molecule has 0 radical (unpaired) electrons. The maximum absolute atomic E-state index is 10.9. The molecule has 2 rings (SSSR count). The molecule has 98 valence electrons. The van der Waals surface area contributed by atoms with E-state index in [4.69, 9.17) is 4.74 Å². The minimum Gasteiger partial charge on any atom is -0.496 e. The number of nitro groups is 1. The highest BCUT2D eigenvalue weighted by atomic mass is 16.6. The molecule has 0 amide bonds. The summed E-state index contributed by atoms with van der Waals surface area (Å²) in [4.78, 5) is 14.8. The van der Waals surface area contributed by atoms with E-state index >= 15 is 0 Å². The van der Waals surface area contributed by atoms with Crippen molar-refractivity contribution in [1.29, 1.82) is 0 Å². The molecule has 0 aliphatic heterocycles. The number of para-hydroxylation sites is 1. The van der Waals surface area contributed by atoms with Crippen LogP contribution in [0.25, 0.3) is 11.3 Å². The van der Waals surface area contributed by atoms with E-state index in [-0.39, 0.29) is 5.69 Å². The molecule has 1 N–H and O–H groups in total. The van der Waals surface area contributed by atoms with Gasteiger partial charge in [-0.25, -0.2) is 4.98 Å². The van der Waals surface area contributed by atoms with Crippen molar-refractivity contribution in [2.75, 3.05) is 19.5 Å². The lowest BCUT2D eigenvalue weighted by Crippen LogP contribution is -1.98. The zero-order valence-corrected chi connectivity index (χ0v) is 10.6. The van der Waals surface area contributed by atoms with Crippen molar-refractivity contribution in [2.24, 2.45) is 0 Å². The molecule has 0 unspecified atom stereocenters. The zero-order chi connectivity index (χ0) is 13.8. The minimum absolute atomic E-state index is 0.0137. The van der Waals surface area contributed by atoms with Gasteiger partial charge in [-0.15, -0.1) is 0 Å². The summed E-state index contributed by atoms with van der Waals surface area (Å²) >= 11 is 0. The number of methoxy groups -OCH3 is 1. The molecule has 19 heavy (non-hydrogen) atoms. The highest BCUT2D eigenvalue weighted by Crippen LogP contribution is 2.31. The Bertz CT molecular complexity index is 614. The monoisotopic (exact) mass is 259 g/mol. The first-order valence-electron chi connectivity index (χ1n) is 5.63. The SMILES string of the molecule is CNc1cc([N+](=O)[O-])cc(-c2ccccc2OC)n1. The average Bonchev–Trinajstić information content (AvgIpc) is 2.46. The summed E-state index contributed by atoms with van der Waals surface area (Å²) in [6.07, 6.45) is 0. The van der Waals surface area contributed by atoms with E-state index in [9.17, 15) is 10.1 Å². The van der Waals surface area contributed by atoms with Crippen LogP contribution < -0.4 is 10.1 Å². The number of ether oxygens (including phenoxy) is 1. The van der Waals surface area contributed by atoms with Gasteiger partial charge in [-0.1, -0.05) is 12.1 Å². The number of hydrogen-bond donors (Lipinski definition) is 1. The van der Waals surface area contributed by atoms with Crippen molar-refractivity contribution in [2.45, 2.75) is 0 Å². The van der Waals surface area contributed by atoms with Crippen molar-refractivity contribution in [3.8, 4) is 17.0 Å². The van der Waals surface area contributed by atoms with Gasteiger partial charge in [-0.05, 0) is 12.1 Å². The Morgan fingerprint density at radius 2 is 2.05 bits per heavy atom. The van der Waals surface area contributed by atoms with Crippen LogP contribution in [0.15, 0.2) is 36.4 Å². The van der Waals surface area contributed by atoms with Gasteiger partial charge in [0.2, 0.25) is 0 Å². The number of nitrogens with one attached hydrogen (secondary N) is 1. The van der Waals surface area contributed by atoms with Crippen LogP contribution in [0, 0.1) is 10.1 Å². The fraction of sp³-hybridized carbons (Fsp3) is 0.154. The van der Waals surface area contributed by atoms with Crippen LogP contribution in [0.2, 0.25) is 0 Å². The molecule has 1 aromatic heterocycles. The first-order valence-corrected chi connectivity index (χ1v) is 5.63. The van der Waals surface area contributed by atoms with Crippen molar-refractivity contribution < 1.29 is 9.66 Å². The molecular weight excluding hydrogens is 246 g/mol. The highest BCUT2D eigenvalue weighted by Gasteiger charge is 2.14. The maximum Gasteiger partial charge on any atom is 0.275 e. The van der Waals surface area contributed by atoms with E-state index < -0.39 is 4.92 Å². The van der Waals surface area contributed by atoms with Crippen molar-refractivity contribution >= 4 is 11.5 Å². The van der Waals surface area contributed by atoms with E-state index in [1.807, 2.05) is 18.2 Å². The van der Waals surface area contributed by atoms with Gasteiger partial charge >= 0.3 is 0 Å². The number of pyridine rings is 1. The van der Waals surface area contributed by atoms with Crippen LogP contribution in [-0.4, -0.2) is 24.1 Å². The van der Waals surface area contributed by atoms with Crippen LogP contribution in [0.5, 0.6) is 5.75 Å². The van der Waals surface area contributed by atoms with Gasteiger partial charge in [0.25, 0.3) is 5.69 Å². The summed E-state index contributed by atoms with van der Waals surface area (Å²) in [5.41, 5.74) is 1.20. The quantitative estimate of drug-likeness (QED) is 0.674. The summed E-state index contributed by atoms with van der Waals surface area (Å²) in [6, 6.07) is 10.1. The summed E-state index contributed by atoms with van der Waals surface area (Å²) in [5, 5.41) is 13.7. The zero-order valence-electron chi connectivity index (χ0n) is 10.6. The lowest BCUT2D eigenvalue weighted by molar-refractivity contribution is -0.384. The van der Waals surface area contributed by atoms with Crippen molar-refractivity contribution in [1.82, 2.24) is 4.98 Å². The van der Waals surface area contributed by atoms with Gasteiger partial charge in [0.1, 0.15) is 11.6 Å². The second-order valence-corrected chi connectivity index (χ2v) is 3.80. The first-order chi connectivity index (χ1) is 9.15. The van der Waals surface area contributed by atoms with E-state index in [0.29, 0.717) is 22.8 Å².